The first-order chi connectivity index (χ1) is 9.11. The van der Waals surface area contributed by atoms with Gasteiger partial charge in [0.05, 0.1) is 12.1 Å². The summed E-state index contributed by atoms with van der Waals surface area (Å²) in [7, 11) is 1.79. The number of Topliss-reactive ketones (excluding diaryl/α,β-unsaturated/α-hetero) is 1. The number of carbonyl (C=O) groups is 1. The fourth-order valence-corrected chi connectivity index (χ4v) is 2.34. The number of hydrogen-bond acceptors (Lipinski definition) is 4. The molecule has 0 saturated carbocycles. The molecule has 1 aliphatic heterocycles. The first-order valence-electron chi connectivity index (χ1n) is 6.86. The van der Waals surface area contributed by atoms with Gasteiger partial charge in [0.2, 0.25) is 0 Å². The molecule has 0 aliphatic carbocycles. The highest BCUT2D eigenvalue weighted by molar-refractivity contribution is 6.00. The average molecular weight is 262 g/mol. The number of aliphatic hydroxyl groups excluding tert-OH is 1. The minimum absolute atomic E-state index is 0.114. The van der Waals surface area contributed by atoms with Gasteiger partial charge >= 0.3 is 0 Å². The van der Waals surface area contributed by atoms with Gasteiger partial charge in [0.25, 0.3) is 0 Å². The van der Waals surface area contributed by atoms with Crippen molar-refractivity contribution >= 4 is 11.5 Å². The fraction of sp³-hybridized carbons (Fsp3) is 0.533. The summed E-state index contributed by atoms with van der Waals surface area (Å²) >= 11 is 0. The second-order valence-corrected chi connectivity index (χ2v) is 5.14. The molecule has 4 heteroatoms. The molecule has 1 unspecified atom stereocenters. The zero-order chi connectivity index (χ0) is 13.8. The third kappa shape index (κ3) is 3.33. The summed E-state index contributed by atoms with van der Waals surface area (Å²) in [6.45, 7) is 3.62. The van der Waals surface area contributed by atoms with Crippen LogP contribution >= 0.6 is 0 Å². The second kappa shape index (κ2) is 6.17. The Kier molecular flexibility index (Phi) is 4.56. The van der Waals surface area contributed by atoms with E-state index in [0.29, 0.717) is 0 Å². The molecule has 1 heterocycles. The van der Waals surface area contributed by atoms with Gasteiger partial charge < -0.3 is 15.3 Å². The first-order valence-corrected chi connectivity index (χ1v) is 6.86. The van der Waals surface area contributed by atoms with Crippen LogP contribution in [0.5, 0.6) is 0 Å². The Balaban J connectivity index is 2.04. The van der Waals surface area contributed by atoms with E-state index in [9.17, 15) is 9.90 Å². The second-order valence-electron chi connectivity index (χ2n) is 5.14. The molecule has 1 saturated heterocycles. The zero-order valence-electron chi connectivity index (χ0n) is 11.6. The van der Waals surface area contributed by atoms with Crippen molar-refractivity contribution in [3.8, 4) is 0 Å². The Morgan fingerprint density at radius 2 is 1.89 bits per heavy atom. The van der Waals surface area contributed by atoms with Gasteiger partial charge in [0, 0.05) is 24.3 Å². The first kappa shape index (κ1) is 14.0. The van der Waals surface area contributed by atoms with Crippen LogP contribution in [0.3, 0.4) is 0 Å². The maximum atomic E-state index is 12.0. The lowest BCUT2D eigenvalue weighted by atomic mass is 10.0. The Morgan fingerprint density at radius 1 is 1.32 bits per heavy atom. The summed E-state index contributed by atoms with van der Waals surface area (Å²) in [4.78, 5) is 14.2. The van der Waals surface area contributed by atoms with E-state index >= 15 is 0 Å². The van der Waals surface area contributed by atoms with Crippen LogP contribution in [-0.2, 0) is 0 Å². The van der Waals surface area contributed by atoms with Crippen LogP contribution in [0.15, 0.2) is 24.3 Å². The Labute approximate surface area is 114 Å². The number of nitrogens with one attached hydrogen (secondary N) is 1. The van der Waals surface area contributed by atoms with E-state index in [0.717, 1.165) is 37.2 Å². The highest BCUT2D eigenvalue weighted by atomic mass is 16.3. The van der Waals surface area contributed by atoms with Crippen molar-refractivity contribution in [1.82, 2.24) is 5.32 Å². The summed E-state index contributed by atoms with van der Waals surface area (Å²) in [6, 6.07) is 7.60. The topological polar surface area (TPSA) is 52.6 Å². The molecule has 2 N–H and O–H groups in total. The standard InChI is InChI=1S/C15H22N2O2/c1-11(16-2)15(19)12-3-5-13(6-4-12)17-9-7-14(18)8-10-17/h3-6,11,14,16,18H,7-10H2,1-2H3. The molecule has 2 rings (SSSR count). The summed E-state index contributed by atoms with van der Waals surface area (Å²) in [6.07, 6.45) is 1.48. The smallest absolute Gasteiger partial charge is 0.179 e. The molecule has 19 heavy (non-hydrogen) atoms. The largest absolute Gasteiger partial charge is 0.393 e. The molecule has 0 amide bonds. The van der Waals surface area contributed by atoms with Gasteiger partial charge in [-0.05, 0) is 51.1 Å². The van der Waals surface area contributed by atoms with E-state index in [1.165, 1.54) is 0 Å². The summed E-state index contributed by atoms with van der Waals surface area (Å²) in [5.41, 5.74) is 1.86. The maximum Gasteiger partial charge on any atom is 0.179 e. The summed E-state index contributed by atoms with van der Waals surface area (Å²) < 4.78 is 0. The molecule has 0 spiro atoms. The number of rotatable bonds is 4. The quantitative estimate of drug-likeness (QED) is 0.806. The summed E-state index contributed by atoms with van der Waals surface area (Å²) in [5.74, 6) is 0.114. The third-order valence-electron chi connectivity index (χ3n) is 3.81. The van der Waals surface area contributed by atoms with Crippen molar-refractivity contribution < 1.29 is 9.90 Å². The van der Waals surface area contributed by atoms with E-state index in [2.05, 4.69) is 10.2 Å². The van der Waals surface area contributed by atoms with Crippen molar-refractivity contribution in [3.63, 3.8) is 0 Å². The van der Waals surface area contributed by atoms with Gasteiger partial charge in [-0.15, -0.1) is 0 Å². The highest BCUT2D eigenvalue weighted by Crippen LogP contribution is 2.20. The van der Waals surface area contributed by atoms with E-state index in [-0.39, 0.29) is 17.9 Å². The molecule has 104 valence electrons. The van der Waals surface area contributed by atoms with Crippen LogP contribution in [0.2, 0.25) is 0 Å². The van der Waals surface area contributed by atoms with Crippen LogP contribution in [0, 0.1) is 0 Å². The lowest BCUT2D eigenvalue weighted by Crippen LogP contribution is -2.35. The minimum atomic E-state index is -0.159. The Morgan fingerprint density at radius 3 is 2.42 bits per heavy atom. The van der Waals surface area contributed by atoms with Gasteiger partial charge in [-0.1, -0.05) is 0 Å². The van der Waals surface area contributed by atoms with Gasteiger partial charge in [-0.25, -0.2) is 0 Å². The maximum absolute atomic E-state index is 12.0. The number of nitrogens with zero attached hydrogens (tertiary/aromatic N) is 1. The van der Waals surface area contributed by atoms with Crippen molar-refractivity contribution in [1.29, 1.82) is 0 Å². The van der Waals surface area contributed by atoms with E-state index < -0.39 is 0 Å². The van der Waals surface area contributed by atoms with E-state index in [1.807, 2.05) is 31.2 Å². The molecule has 1 atom stereocenters. The normalized spacial score (nSPS) is 18.4. The SMILES string of the molecule is CNC(C)C(=O)c1ccc(N2CCC(O)CC2)cc1. The van der Waals surface area contributed by atoms with Crippen LogP contribution < -0.4 is 10.2 Å². The number of likely N-dealkylation sites (N-methyl/N-ethyl adjacent to an activating group) is 1. The van der Waals surface area contributed by atoms with Gasteiger partial charge in [-0.3, -0.25) is 4.79 Å². The Hall–Kier alpha value is -1.39. The van der Waals surface area contributed by atoms with Gasteiger partial charge in [0.1, 0.15) is 0 Å². The van der Waals surface area contributed by atoms with Crippen LogP contribution in [0.25, 0.3) is 0 Å². The number of aliphatic hydroxyl groups is 1. The molecular weight excluding hydrogens is 240 g/mol. The van der Waals surface area contributed by atoms with Gasteiger partial charge in [0.15, 0.2) is 5.78 Å². The zero-order valence-corrected chi connectivity index (χ0v) is 11.6. The Bertz CT molecular complexity index is 422. The lowest BCUT2D eigenvalue weighted by molar-refractivity contribution is 0.0955. The third-order valence-corrected chi connectivity index (χ3v) is 3.81. The van der Waals surface area contributed by atoms with Crippen molar-refractivity contribution in [2.24, 2.45) is 0 Å². The van der Waals surface area contributed by atoms with Crippen molar-refractivity contribution in [2.75, 3.05) is 25.0 Å². The number of ketones is 1. The molecule has 1 fully saturated rings. The minimum Gasteiger partial charge on any atom is -0.393 e. The van der Waals surface area contributed by atoms with Crippen LogP contribution in [0.4, 0.5) is 5.69 Å². The molecule has 0 bridgehead atoms. The monoisotopic (exact) mass is 262 g/mol. The number of carbonyl (C=O) groups excluding carboxylic acids is 1. The lowest BCUT2D eigenvalue weighted by Gasteiger charge is -2.31. The molecule has 1 aromatic carbocycles. The summed E-state index contributed by atoms with van der Waals surface area (Å²) in [5, 5.41) is 12.5. The molecule has 1 aliphatic rings. The molecule has 0 radical (unpaired) electrons. The van der Waals surface area contributed by atoms with Crippen molar-refractivity contribution in [3.05, 3.63) is 29.8 Å². The van der Waals surface area contributed by atoms with E-state index in [4.69, 9.17) is 0 Å². The number of piperidine rings is 1. The molecule has 4 nitrogen and oxygen atoms in total. The predicted molar refractivity (Wildman–Crippen MR) is 76.7 cm³/mol. The predicted octanol–water partition coefficient (Wildman–Crippen LogP) is 1.44. The molecular formula is C15H22N2O2. The van der Waals surface area contributed by atoms with E-state index in [1.54, 1.807) is 7.05 Å². The molecule has 0 aromatic heterocycles. The highest BCUT2D eigenvalue weighted by Gasteiger charge is 2.18. The molecule has 1 aromatic rings. The van der Waals surface area contributed by atoms with Gasteiger partial charge in [-0.2, -0.15) is 0 Å². The number of anilines is 1. The number of benzene rings is 1. The number of hydrogen-bond donors (Lipinski definition) is 2. The average Bonchev–Trinajstić information content (AvgIpc) is 2.46. The van der Waals surface area contributed by atoms with Crippen molar-refractivity contribution in [2.45, 2.75) is 31.9 Å². The van der Waals surface area contributed by atoms with Crippen LogP contribution in [0.1, 0.15) is 30.1 Å². The fourth-order valence-electron chi connectivity index (χ4n) is 2.34. The van der Waals surface area contributed by atoms with Crippen LogP contribution in [-0.4, -0.2) is 43.2 Å².